The topological polar surface area (TPSA) is 37.4 Å². The van der Waals surface area contributed by atoms with Crippen molar-refractivity contribution in [2.75, 3.05) is 13.1 Å². The smallest absolute Gasteiger partial charge is 0.207 e. The highest BCUT2D eigenvalue weighted by Crippen LogP contribution is 2.30. The van der Waals surface area contributed by atoms with E-state index in [1.807, 2.05) is 42.5 Å². The summed E-state index contributed by atoms with van der Waals surface area (Å²) in [4.78, 5) is 0.420. The van der Waals surface area contributed by atoms with Crippen molar-refractivity contribution in [3.63, 3.8) is 0 Å². The second-order valence-electron chi connectivity index (χ2n) is 5.68. The molecular formula is C18H21NO2S. The van der Waals surface area contributed by atoms with Crippen LogP contribution in [0.3, 0.4) is 0 Å². The lowest BCUT2D eigenvalue weighted by Gasteiger charge is -2.21. The van der Waals surface area contributed by atoms with E-state index in [1.54, 1.807) is 16.4 Å². The van der Waals surface area contributed by atoms with Crippen molar-refractivity contribution in [2.24, 2.45) is 0 Å². The van der Waals surface area contributed by atoms with Gasteiger partial charge in [-0.05, 0) is 24.5 Å². The quantitative estimate of drug-likeness (QED) is 0.861. The van der Waals surface area contributed by atoms with E-state index in [2.05, 4.69) is 0 Å². The molecule has 2 aromatic rings. The predicted molar refractivity (Wildman–Crippen MR) is 89.1 cm³/mol. The van der Waals surface area contributed by atoms with Gasteiger partial charge in [-0.1, -0.05) is 61.4 Å². The van der Waals surface area contributed by atoms with Gasteiger partial charge in [0.2, 0.25) is 10.0 Å². The van der Waals surface area contributed by atoms with Gasteiger partial charge >= 0.3 is 0 Å². The molecule has 22 heavy (non-hydrogen) atoms. The summed E-state index contributed by atoms with van der Waals surface area (Å²) in [6.45, 7) is 1.26. The fourth-order valence-corrected chi connectivity index (χ4v) is 4.70. The monoisotopic (exact) mass is 315 g/mol. The van der Waals surface area contributed by atoms with Crippen LogP contribution in [0, 0.1) is 0 Å². The SMILES string of the molecule is O=S(=O)(c1ccccc1-c1ccccc1)N1CCCCCC1. The second-order valence-corrected chi connectivity index (χ2v) is 7.59. The highest BCUT2D eigenvalue weighted by Gasteiger charge is 2.27. The highest BCUT2D eigenvalue weighted by atomic mass is 32.2. The van der Waals surface area contributed by atoms with Gasteiger partial charge in [0.05, 0.1) is 4.90 Å². The van der Waals surface area contributed by atoms with Crippen molar-refractivity contribution in [3.8, 4) is 11.1 Å². The van der Waals surface area contributed by atoms with E-state index in [4.69, 9.17) is 0 Å². The molecule has 3 rings (SSSR count). The van der Waals surface area contributed by atoms with E-state index in [9.17, 15) is 8.42 Å². The summed E-state index contributed by atoms with van der Waals surface area (Å²) in [5, 5.41) is 0. The van der Waals surface area contributed by atoms with Crippen LogP contribution in [0.2, 0.25) is 0 Å². The van der Waals surface area contributed by atoms with Crippen molar-refractivity contribution in [1.29, 1.82) is 0 Å². The molecule has 0 bridgehead atoms. The second kappa shape index (κ2) is 6.63. The molecule has 0 unspecified atom stereocenters. The Kier molecular flexibility index (Phi) is 4.60. The minimum absolute atomic E-state index is 0.420. The molecule has 0 amide bonds. The Bertz CT molecular complexity index is 718. The van der Waals surface area contributed by atoms with Crippen LogP contribution in [0.25, 0.3) is 11.1 Å². The van der Waals surface area contributed by atoms with Crippen LogP contribution < -0.4 is 0 Å². The van der Waals surface area contributed by atoms with E-state index < -0.39 is 10.0 Å². The first kappa shape index (κ1) is 15.3. The van der Waals surface area contributed by atoms with Crippen molar-refractivity contribution < 1.29 is 8.42 Å². The Hall–Kier alpha value is -1.65. The maximum absolute atomic E-state index is 13.1. The fraction of sp³-hybridized carbons (Fsp3) is 0.333. The van der Waals surface area contributed by atoms with Crippen molar-refractivity contribution >= 4 is 10.0 Å². The Balaban J connectivity index is 2.04. The molecule has 1 saturated heterocycles. The molecule has 0 N–H and O–H groups in total. The number of rotatable bonds is 3. The van der Waals surface area contributed by atoms with Crippen LogP contribution in [0.15, 0.2) is 59.5 Å². The average Bonchev–Trinajstić information content (AvgIpc) is 2.85. The first-order valence-corrected chi connectivity index (χ1v) is 9.28. The van der Waals surface area contributed by atoms with Crippen LogP contribution in [0.1, 0.15) is 25.7 Å². The number of hydrogen-bond donors (Lipinski definition) is 0. The van der Waals surface area contributed by atoms with Crippen molar-refractivity contribution in [2.45, 2.75) is 30.6 Å². The molecule has 1 fully saturated rings. The standard InChI is InChI=1S/C18H21NO2S/c20-22(21,19-14-8-1-2-9-15-19)18-13-7-6-12-17(18)16-10-4-3-5-11-16/h3-7,10-13H,1-2,8-9,14-15H2. The first-order valence-electron chi connectivity index (χ1n) is 7.84. The van der Waals surface area contributed by atoms with Crippen LogP contribution in [0.4, 0.5) is 0 Å². The van der Waals surface area contributed by atoms with Crippen LogP contribution in [0.5, 0.6) is 0 Å². The normalized spacial score (nSPS) is 17.1. The molecule has 4 heteroatoms. The number of benzene rings is 2. The zero-order valence-electron chi connectivity index (χ0n) is 12.6. The average molecular weight is 315 g/mol. The van der Waals surface area contributed by atoms with Crippen LogP contribution in [-0.4, -0.2) is 25.8 Å². The van der Waals surface area contributed by atoms with E-state index in [1.165, 1.54) is 0 Å². The largest absolute Gasteiger partial charge is 0.243 e. The van der Waals surface area contributed by atoms with E-state index in [-0.39, 0.29) is 0 Å². The summed E-state index contributed by atoms with van der Waals surface area (Å²) >= 11 is 0. The Morgan fingerprint density at radius 2 is 1.32 bits per heavy atom. The minimum Gasteiger partial charge on any atom is -0.207 e. The van der Waals surface area contributed by atoms with Gasteiger partial charge < -0.3 is 0 Å². The third-order valence-corrected chi connectivity index (χ3v) is 6.11. The Labute approximate surface area is 132 Å². The molecule has 0 aromatic heterocycles. The van der Waals surface area contributed by atoms with Gasteiger partial charge in [0, 0.05) is 18.7 Å². The minimum atomic E-state index is -3.43. The summed E-state index contributed by atoms with van der Waals surface area (Å²) in [5.41, 5.74) is 1.73. The van der Waals surface area contributed by atoms with Gasteiger partial charge in [0.25, 0.3) is 0 Å². The molecule has 1 aliphatic heterocycles. The van der Waals surface area contributed by atoms with Crippen LogP contribution in [-0.2, 0) is 10.0 Å². The molecule has 1 aliphatic rings. The summed E-state index contributed by atoms with van der Waals surface area (Å²) in [7, 11) is -3.43. The van der Waals surface area contributed by atoms with Gasteiger partial charge in [-0.15, -0.1) is 0 Å². The molecule has 0 spiro atoms. The lowest BCUT2D eigenvalue weighted by molar-refractivity contribution is 0.424. The molecular weight excluding hydrogens is 294 g/mol. The van der Waals surface area contributed by atoms with E-state index >= 15 is 0 Å². The highest BCUT2D eigenvalue weighted by molar-refractivity contribution is 7.89. The zero-order valence-corrected chi connectivity index (χ0v) is 13.4. The van der Waals surface area contributed by atoms with E-state index in [0.29, 0.717) is 18.0 Å². The Morgan fingerprint density at radius 1 is 0.727 bits per heavy atom. The number of hydrogen-bond acceptors (Lipinski definition) is 2. The molecule has 1 heterocycles. The van der Waals surface area contributed by atoms with Gasteiger partial charge in [-0.25, -0.2) is 8.42 Å². The molecule has 0 saturated carbocycles. The Morgan fingerprint density at radius 3 is 2.00 bits per heavy atom. The third kappa shape index (κ3) is 3.08. The molecule has 0 aliphatic carbocycles. The zero-order chi connectivity index (χ0) is 15.4. The van der Waals surface area contributed by atoms with Gasteiger partial charge in [-0.2, -0.15) is 4.31 Å². The van der Waals surface area contributed by atoms with Gasteiger partial charge in [0.1, 0.15) is 0 Å². The summed E-state index contributed by atoms with van der Waals surface area (Å²) in [5.74, 6) is 0. The maximum atomic E-state index is 13.1. The molecule has 0 atom stereocenters. The first-order chi connectivity index (χ1) is 10.7. The molecule has 116 valence electrons. The summed E-state index contributed by atoms with van der Waals surface area (Å²) in [6.07, 6.45) is 4.14. The molecule has 0 radical (unpaired) electrons. The molecule has 2 aromatic carbocycles. The predicted octanol–water partition coefficient (Wildman–Crippen LogP) is 3.92. The lowest BCUT2D eigenvalue weighted by atomic mass is 10.1. The lowest BCUT2D eigenvalue weighted by Crippen LogP contribution is -2.32. The van der Waals surface area contributed by atoms with Gasteiger partial charge in [-0.3, -0.25) is 0 Å². The van der Waals surface area contributed by atoms with E-state index in [0.717, 1.165) is 36.8 Å². The third-order valence-electron chi connectivity index (χ3n) is 4.15. The number of sulfonamides is 1. The number of nitrogens with zero attached hydrogens (tertiary/aromatic N) is 1. The fourth-order valence-electron chi connectivity index (χ4n) is 2.97. The van der Waals surface area contributed by atoms with Crippen molar-refractivity contribution in [1.82, 2.24) is 4.31 Å². The maximum Gasteiger partial charge on any atom is 0.243 e. The van der Waals surface area contributed by atoms with Crippen LogP contribution >= 0.6 is 0 Å². The summed E-state index contributed by atoms with van der Waals surface area (Å²) in [6, 6.07) is 17.0. The summed E-state index contributed by atoms with van der Waals surface area (Å²) < 4.78 is 27.8. The van der Waals surface area contributed by atoms with Crippen molar-refractivity contribution in [3.05, 3.63) is 54.6 Å². The molecule has 3 nitrogen and oxygen atoms in total. The van der Waals surface area contributed by atoms with Gasteiger partial charge in [0.15, 0.2) is 0 Å².